The second kappa shape index (κ2) is 5.07. The molecule has 0 aromatic carbocycles. The van der Waals surface area contributed by atoms with Crippen LogP contribution in [-0.4, -0.2) is 10.7 Å². The van der Waals surface area contributed by atoms with Crippen molar-refractivity contribution in [2.45, 2.75) is 25.7 Å². The summed E-state index contributed by atoms with van der Waals surface area (Å²) in [6, 6.07) is 5.31. The Morgan fingerprint density at radius 1 is 1.50 bits per heavy atom. The van der Waals surface area contributed by atoms with Crippen molar-refractivity contribution in [2.24, 2.45) is 0 Å². The largest absolute Gasteiger partial charge is 0.336 e. The van der Waals surface area contributed by atoms with E-state index in [9.17, 15) is 4.79 Å². The van der Waals surface area contributed by atoms with Gasteiger partial charge in [-0.2, -0.15) is 4.73 Å². The van der Waals surface area contributed by atoms with Gasteiger partial charge in [-0.15, -0.1) is 0 Å². The molecule has 1 aliphatic carbocycles. The first-order valence-electron chi connectivity index (χ1n) is 5.32. The zero-order valence-corrected chi connectivity index (χ0v) is 9.70. The molecular formula is C12H13NO2S. The molecule has 2 rings (SSSR count). The molecule has 4 heteroatoms. The molecule has 0 saturated carbocycles. The van der Waals surface area contributed by atoms with E-state index in [0.717, 1.165) is 19.3 Å². The predicted molar refractivity (Wildman–Crippen MR) is 63.4 cm³/mol. The van der Waals surface area contributed by atoms with Crippen molar-refractivity contribution in [3.63, 3.8) is 0 Å². The zero-order valence-electron chi connectivity index (χ0n) is 8.89. The summed E-state index contributed by atoms with van der Waals surface area (Å²) in [5.41, 5.74) is 1.17. The molecule has 0 fully saturated rings. The minimum atomic E-state index is -0.254. The lowest BCUT2D eigenvalue weighted by Gasteiger charge is -2.06. The summed E-state index contributed by atoms with van der Waals surface area (Å²) in [6.07, 6.45) is 7.36. The molecule has 84 valence electrons. The van der Waals surface area contributed by atoms with Gasteiger partial charge in [0.2, 0.25) is 0 Å². The van der Waals surface area contributed by atoms with Crippen LogP contribution >= 0.6 is 12.2 Å². The lowest BCUT2D eigenvalue weighted by atomic mass is 10.2. The molecule has 1 aromatic rings. The number of hydrogen-bond acceptors (Lipinski definition) is 3. The molecular weight excluding hydrogens is 222 g/mol. The number of nitrogens with zero attached hydrogens (tertiary/aromatic N) is 1. The Hall–Kier alpha value is -1.42. The highest BCUT2D eigenvalue weighted by Crippen LogP contribution is 2.20. The fourth-order valence-corrected chi connectivity index (χ4v) is 1.89. The molecule has 16 heavy (non-hydrogen) atoms. The Balaban J connectivity index is 1.97. The minimum Gasteiger partial charge on any atom is -0.335 e. The zero-order chi connectivity index (χ0) is 11.4. The number of pyridine rings is 1. The van der Waals surface area contributed by atoms with Crippen molar-refractivity contribution in [3.8, 4) is 0 Å². The van der Waals surface area contributed by atoms with E-state index in [4.69, 9.17) is 17.1 Å². The molecule has 0 N–H and O–H groups in total. The lowest BCUT2D eigenvalue weighted by Crippen LogP contribution is -2.20. The van der Waals surface area contributed by atoms with Gasteiger partial charge in [-0.05, 0) is 31.4 Å². The van der Waals surface area contributed by atoms with E-state index < -0.39 is 0 Å². The summed E-state index contributed by atoms with van der Waals surface area (Å²) in [5.74, 6) is -0.254. The monoisotopic (exact) mass is 235 g/mol. The van der Waals surface area contributed by atoms with Crippen LogP contribution in [0.2, 0.25) is 0 Å². The Morgan fingerprint density at radius 2 is 2.38 bits per heavy atom. The van der Waals surface area contributed by atoms with Crippen LogP contribution in [0.1, 0.15) is 25.7 Å². The van der Waals surface area contributed by atoms with Crippen LogP contribution in [0.25, 0.3) is 0 Å². The first-order chi connectivity index (χ1) is 7.75. The maximum atomic E-state index is 11.6. The Morgan fingerprint density at radius 3 is 3.06 bits per heavy atom. The topological polar surface area (TPSA) is 31.2 Å². The lowest BCUT2D eigenvalue weighted by molar-refractivity contribution is -0.143. The maximum absolute atomic E-state index is 11.6. The number of allylic oxidation sites excluding steroid dienone is 1. The summed E-state index contributed by atoms with van der Waals surface area (Å²) >= 11 is 5.02. The van der Waals surface area contributed by atoms with Gasteiger partial charge in [0.1, 0.15) is 4.64 Å². The van der Waals surface area contributed by atoms with Crippen LogP contribution < -0.4 is 4.84 Å². The summed E-state index contributed by atoms with van der Waals surface area (Å²) in [6.45, 7) is 0. The van der Waals surface area contributed by atoms with E-state index in [0.29, 0.717) is 11.1 Å². The van der Waals surface area contributed by atoms with Crippen molar-refractivity contribution in [2.75, 3.05) is 0 Å². The molecule has 1 aromatic heterocycles. The molecule has 1 aliphatic rings. The second-order valence-electron chi connectivity index (χ2n) is 3.76. The third-order valence-corrected chi connectivity index (χ3v) is 2.81. The Kier molecular flexibility index (Phi) is 3.51. The third-order valence-electron chi connectivity index (χ3n) is 2.50. The molecule has 1 heterocycles. The fraction of sp³-hybridized carbons (Fsp3) is 0.333. The summed E-state index contributed by atoms with van der Waals surface area (Å²) in [4.78, 5) is 16.7. The van der Waals surface area contributed by atoms with Gasteiger partial charge in [0.15, 0.2) is 0 Å². The van der Waals surface area contributed by atoms with E-state index in [1.807, 2.05) is 6.07 Å². The highest BCUT2D eigenvalue weighted by molar-refractivity contribution is 7.71. The van der Waals surface area contributed by atoms with E-state index in [1.54, 1.807) is 18.3 Å². The molecule has 0 aliphatic heterocycles. The summed E-state index contributed by atoms with van der Waals surface area (Å²) < 4.78 is 1.82. The van der Waals surface area contributed by atoms with Crippen LogP contribution in [0.15, 0.2) is 36.0 Å². The number of hydrogen-bond donors (Lipinski definition) is 0. The first-order valence-corrected chi connectivity index (χ1v) is 5.73. The number of carbonyl (C=O) groups is 1. The third kappa shape index (κ3) is 2.79. The fourth-order valence-electron chi connectivity index (χ4n) is 1.71. The van der Waals surface area contributed by atoms with E-state index in [-0.39, 0.29) is 5.97 Å². The van der Waals surface area contributed by atoms with Gasteiger partial charge in [-0.25, -0.2) is 4.79 Å². The first kappa shape index (κ1) is 11.1. The Bertz CT molecular complexity index is 476. The molecule has 0 amide bonds. The minimum absolute atomic E-state index is 0.254. The molecule has 0 saturated heterocycles. The van der Waals surface area contributed by atoms with Gasteiger partial charge in [0, 0.05) is 6.20 Å². The van der Waals surface area contributed by atoms with Gasteiger partial charge >= 0.3 is 5.97 Å². The number of rotatable bonds is 3. The van der Waals surface area contributed by atoms with Gasteiger partial charge in [0.25, 0.3) is 0 Å². The van der Waals surface area contributed by atoms with E-state index >= 15 is 0 Å². The smallest absolute Gasteiger partial charge is 0.335 e. The maximum Gasteiger partial charge on any atom is 0.336 e. The van der Waals surface area contributed by atoms with Gasteiger partial charge < -0.3 is 4.84 Å². The van der Waals surface area contributed by atoms with Crippen LogP contribution in [0.4, 0.5) is 0 Å². The highest BCUT2D eigenvalue weighted by atomic mass is 32.1. The quantitative estimate of drug-likeness (QED) is 0.596. The van der Waals surface area contributed by atoms with Crippen molar-refractivity contribution in [3.05, 3.63) is 40.7 Å². The van der Waals surface area contributed by atoms with Gasteiger partial charge in [-0.3, -0.25) is 0 Å². The average Bonchev–Trinajstić information content (AvgIpc) is 2.74. The predicted octanol–water partition coefficient (Wildman–Crippen LogP) is 2.67. The summed E-state index contributed by atoms with van der Waals surface area (Å²) in [7, 11) is 0. The second-order valence-corrected chi connectivity index (χ2v) is 4.18. The highest BCUT2D eigenvalue weighted by Gasteiger charge is 2.11. The van der Waals surface area contributed by atoms with Crippen LogP contribution in [-0.2, 0) is 4.79 Å². The standard InChI is InChI=1S/C12H13NO2S/c14-12(9-10-5-1-2-6-10)15-13-8-4-3-7-11(13)16/h3-5,7-8H,1-2,6,9H2. The molecule has 0 radical (unpaired) electrons. The molecule has 3 nitrogen and oxygen atoms in total. The van der Waals surface area contributed by atoms with E-state index in [1.165, 1.54) is 10.3 Å². The van der Waals surface area contributed by atoms with Crippen LogP contribution in [0, 0.1) is 4.64 Å². The van der Waals surface area contributed by atoms with Crippen molar-refractivity contribution in [1.29, 1.82) is 0 Å². The average molecular weight is 235 g/mol. The SMILES string of the molecule is O=C(CC1=CCCC1)On1ccccc1=S. The molecule has 0 atom stereocenters. The normalized spacial score (nSPS) is 14.6. The Labute approximate surface area is 99.3 Å². The van der Waals surface area contributed by atoms with Crippen molar-refractivity contribution in [1.82, 2.24) is 4.73 Å². The molecule has 0 bridgehead atoms. The van der Waals surface area contributed by atoms with E-state index in [2.05, 4.69) is 6.08 Å². The van der Waals surface area contributed by atoms with Crippen LogP contribution in [0.3, 0.4) is 0 Å². The van der Waals surface area contributed by atoms with Gasteiger partial charge in [-0.1, -0.05) is 29.9 Å². The number of carbonyl (C=O) groups excluding carboxylic acids is 1. The van der Waals surface area contributed by atoms with Crippen LogP contribution in [0.5, 0.6) is 0 Å². The molecule has 0 unspecified atom stereocenters. The van der Waals surface area contributed by atoms with Crippen molar-refractivity contribution < 1.29 is 9.63 Å². The van der Waals surface area contributed by atoms with Gasteiger partial charge in [0.05, 0.1) is 6.42 Å². The number of aromatic nitrogens is 1. The van der Waals surface area contributed by atoms with Crippen molar-refractivity contribution >= 4 is 18.2 Å². The molecule has 0 spiro atoms. The summed E-state index contributed by atoms with van der Waals surface area (Å²) in [5, 5.41) is 0.